The van der Waals surface area contributed by atoms with Gasteiger partial charge in [0.1, 0.15) is 0 Å². The largest absolute Gasteiger partial charge is 0.335 e. The van der Waals surface area contributed by atoms with Gasteiger partial charge in [-0.25, -0.2) is 0 Å². The summed E-state index contributed by atoms with van der Waals surface area (Å²) in [5.74, 6) is -0.0857. The molecule has 1 aromatic rings. The van der Waals surface area contributed by atoms with Crippen molar-refractivity contribution in [3.8, 4) is 0 Å². The van der Waals surface area contributed by atoms with Crippen LogP contribution in [-0.4, -0.2) is 17.9 Å². The van der Waals surface area contributed by atoms with Gasteiger partial charge >= 0.3 is 0 Å². The molecule has 1 aromatic carbocycles. The summed E-state index contributed by atoms with van der Waals surface area (Å²) >= 11 is 5.79. The molecule has 3 heteroatoms. The van der Waals surface area contributed by atoms with Crippen molar-refractivity contribution in [2.75, 3.05) is 7.05 Å². The first-order valence-electron chi connectivity index (χ1n) is 4.71. The van der Waals surface area contributed by atoms with Crippen molar-refractivity contribution in [2.45, 2.75) is 13.0 Å². The van der Waals surface area contributed by atoms with Crippen molar-refractivity contribution in [1.29, 1.82) is 0 Å². The number of hydrogen-bond donors (Lipinski definition) is 0. The van der Waals surface area contributed by atoms with E-state index in [-0.39, 0.29) is 11.9 Å². The Morgan fingerprint density at radius 2 is 2.00 bits per heavy atom. The molecule has 0 radical (unpaired) electrons. The quantitative estimate of drug-likeness (QED) is 0.722. The van der Waals surface area contributed by atoms with Gasteiger partial charge in [0, 0.05) is 12.1 Å². The maximum atomic E-state index is 11.4. The van der Waals surface area contributed by atoms with E-state index < -0.39 is 0 Å². The number of benzene rings is 1. The Labute approximate surface area is 95.2 Å². The highest BCUT2D eigenvalue weighted by atomic mass is 35.5. The normalized spacial score (nSPS) is 11.9. The fourth-order valence-electron chi connectivity index (χ4n) is 1.30. The minimum Gasteiger partial charge on any atom is -0.335 e. The molecule has 0 fully saturated rings. The van der Waals surface area contributed by atoms with Crippen LogP contribution in [0.3, 0.4) is 0 Å². The molecule has 15 heavy (non-hydrogen) atoms. The van der Waals surface area contributed by atoms with E-state index in [0.29, 0.717) is 5.02 Å². The average Bonchev–Trinajstić information content (AvgIpc) is 2.27. The second-order valence-electron chi connectivity index (χ2n) is 3.38. The van der Waals surface area contributed by atoms with Gasteiger partial charge in [-0.1, -0.05) is 30.3 Å². The molecular formula is C12H14ClNO. The van der Waals surface area contributed by atoms with Gasteiger partial charge in [0.15, 0.2) is 0 Å². The molecule has 80 valence electrons. The fourth-order valence-corrected chi connectivity index (χ4v) is 1.43. The SMILES string of the molecule is C=CC(=O)N(C)[C@@H](C)c1ccc(Cl)cc1. The molecule has 1 atom stereocenters. The summed E-state index contributed by atoms with van der Waals surface area (Å²) in [6, 6.07) is 7.49. The van der Waals surface area contributed by atoms with E-state index in [1.165, 1.54) is 6.08 Å². The van der Waals surface area contributed by atoms with Crippen LogP contribution < -0.4 is 0 Å². The van der Waals surface area contributed by atoms with Crippen molar-refractivity contribution in [3.05, 3.63) is 47.5 Å². The molecule has 0 saturated carbocycles. The Morgan fingerprint density at radius 3 is 2.47 bits per heavy atom. The second kappa shape index (κ2) is 4.99. The number of rotatable bonds is 3. The number of amides is 1. The zero-order valence-corrected chi connectivity index (χ0v) is 9.66. The summed E-state index contributed by atoms with van der Waals surface area (Å²) in [6.07, 6.45) is 1.31. The van der Waals surface area contributed by atoms with Gasteiger partial charge in [0.2, 0.25) is 5.91 Å². The molecule has 0 unspecified atom stereocenters. The number of hydrogen-bond acceptors (Lipinski definition) is 1. The molecule has 0 aliphatic rings. The summed E-state index contributed by atoms with van der Waals surface area (Å²) < 4.78 is 0. The summed E-state index contributed by atoms with van der Waals surface area (Å²) in [5.41, 5.74) is 1.05. The molecule has 0 bridgehead atoms. The Kier molecular flexibility index (Phi) is 3.92. The minimum atomic E-state index is -0.0857. The number of nitrogens with zero attached hydrogens (tertiary/aromatic N) is 1. The predicted octanol–water partition coefficient (Wildman–Crippen LogP) is 3.05. The van der Waals surface area contributed by atoms with Crippen LogP contribution in [0.5, 0.6) is 0 Å². The molecule has 1 rings (SSSR count). The second-order valence-corrected chi connectivity index (χ2v) is 3.82. The van der Waals surface area contributed by atoms with Crippen molar-refractivity contribution < 1.29 is 4.79 Å². The lowest BCUT2D eigenvalue weighted by Gasteiger charge is -2.24. The van der Waals surface area contributed by atoms with Crippen LogP contribution in [0.15, 0.2) is 36.9 Å². The van der Waals surface area contributed by atoms with Gasteiger partial charge in [-0.2, -0.15) is 0 Å². The average molecular weight is 224 g/mol. The molecule has 2 nitrogen and oxygen atoms in total. The maximum Gasteiger partial charge on any atom is 0.246 e. The van der Waals surface area contributed by atoms with E-state index >= 15 is 0 Å². The van der Waals surface area contributed by atoms with Crippen LogP contribution in [0.4, 0.5) is 0 Å². The maximum absolute atomic E-state index is 11.4. The monoisotopic (exact) mass is 223 g/mol. The third kappa shape index (κ3) is 2.83. The third-order valence-electron chi connectivity index (χ3n) is 2.46. The van der Waals surface area contributed by atoms with Crippen LogP contribution in [0.25, 0.3) is 0 Å². The van der Waals surface area contributed by atoms with Crippen LogP contribution in [-0.2, 0) is 4.79 Å². The number of carbonyl (C=O) groups is 1. The van der Waals surface area contributed by atoms with Crippen molar-refractivity contribution >= 4 is 17.5 Å². The van der Waals surface area contributed by atoms with Gasteiger partial charge < -0.3 is 4.90 Å². The van der Waals surface area contributed by atoms with Crippen LogP contribution in [0, 0.1) is 0 Å². The van der Waals surface area contributed by atoms with Gasteiger partial charge in [0.25, 0.3) is 0 Å². The Balaban J connectivity index is 2.84. The molecule has 1 amide bonds. The van der Waals surface area contributed by atoms with Gasteiger partial charge in [0.05, 0.1) is 6.04 Å². The molecule has 0 heterocycles. The first-order valence-corrected chi connectivity index (χ1v) is 5.08. The van der Waals surface area contributed by atoms with Crippen LogP contribution in [0.1, 0.15) is 18.5 Å². The number of halogens is 1. The molecular weight excluding hydrogens is 210 g/mol. The molecule has 0 aliphatic heterocycles. The predicted molar refractivity (Wildman–Crippen MR) is 62.8 cm³/mol. The summed E-state index contributed by atoms with van der Waals surface area (Å²) in [4.78, 5) is 13.0. The highest BCUT2D eigenvalue weighted by Crippen LogP contribution is 2.20. The molecule has 0 saturated heterocycles. The molecule has 0 N–H and O–H groups in total. The topological polar surface area (TPSA) is 20.3 Å². The first kappa shape index (κ1) is 11.8. The highest BCUT2D eigenvalue weighted by Gasteiger charge is 2.14. The van der Waals surface area contributed by atoms with Crippen molar-refractivity contribution in [2.24, 2.45) is 0 Å². The Morgan fingerprint density at radius 1 is 1.47 bits per heavy atom. The lowest BCUT2D eigenvalue weighted by atomic mass is 10.1. The van der Waals surface area contributed by atoms with E-state index in [4.69, 9.17) is 11.6 Å². The van der Waals surface area contributed by atoms with Crippen molar-refractivity contribution in [3.63, 3.8) is 0 Å². The lowest BCUT2D eigenvalue weighted by Crippen LogP contribution is -2.27. The Hall–Kier alpha value is -1.28. The highest BCUT2D eigenvalue weighted by molar-refractivity contribution is 6.30. The van der Waals surface area contributed by atoms with Gasteiger partial charge in [-0.15, -0.1) is 0 Å². The van der Waals surface area contributed by atoms with Gasteiger partial charge in [-0.05, 0) is 30.7 Å². The molecule has 0 aliphatic carbocycles. The zero-order valence-electron chi connectivity index (χ0n) is 8.90. The van der Waals surface area contributed by atoms with E-state index in [0.717, 1.165) is 5.56 Å². The van der Waals surface area contributed by atoms with E-state index in [1.54, 1.807) is 11.9 Å². The molecule has 0 spiro atoms. The summed E-state index contributed by atoms with van der Waals surface area (Å²) in [5, 5.41) is 0.698. The van der Waals surface area contributed by atoms with Gasteiger partial charge in [-0.3, -0.25) is 4.79 Å². The Bertz CT molecular complexity index is 358. The fraction of sp³-hybridized carbons (Fsp3) is 0.250. The smallest absolute Gasteiger partial charge is 0.246 e. The lowest BCUT2D eigenvalue weighted by molar-refractivity contribution is -0.126. The summed E-state index contributed by atoms with van der Waals surface area (Å²) in [6.45, 7) is 5.42. The standard InChI is InChI=1S/C12H14ClNO/c1-4-12(15)14(3)9(2)10-5-7-11(13)8-6-10/h4-9H,1H2,2-3H3/t9-/m0/s1. The minimum absolute atomic E-state index is 0.0211. The first-order chi connectivity index (χ1) is 7.06. The number of carbonyl (C=O) groups excluding carboxylic acids is 1. The van der Waals surface area contributed by atoms with E-state index in [9.17, 15) is 4.79 Å². The third-order valence-corrected chi connectivity index (χ3v) is 2.71. The number of likely N-dealkylation sites (N-methyl/N-ethyl adjacent to an activating group) is 1. The summed E-state index contributed by atoms with van der Waals surface area (Å²) in [7, 11) is 1.75. The van der Waals surface area contributed by atoms with Crippen LogP contribution in [0.2, 0.25) is 5.02 Å². The van der Waals surface area contributed by atoms with Crippen molar-refractivity contribution in [1.82, 2.24) is 4.90 Å². The molecule has 0 aromatic heterocycles. The van der Waals surface area contributed by atoms with Crippen LogP contribution >= 0.6 is 11.6 Å². The zero-order chi connectivity index (χ0) is 11.4. The van der Waals surface area contributed by atoms with E-state index in [2.05, 4.69) is 6.58 Å². The van der Waals surface area contributed by atoms with E-state index in [1.807, 2.05) is 31.2 Å².